The molecule has 0 aromatic carbocycles. The predicted octanol–water partition coefficient (Wildman–Crippen LogP) is 1.72. The summed E-state index contributed by atoms with van der Waals surface area (Å²) < 4.78 is 0. The molecule has 18 heavy (non-hydrogen) atoms. The molecule has 1 aromatic rings. The average molecular weight is 245 g/mol. The van der Waals surface area contributed by atoms with Crippen molar-refractivity contribution in [2.24, 2.45) is 11.3 Å². The molecule has 1 saturated carbocycles. The Balaban J connectivity index is 1.63. The number of aryl methyl sites for hydroxylation is 1. The highest BCUT2D eigenvalue weighted by Crippen LogP contribution is 2.58. The zero-order valence-corrected chi connectivity index (χ0v) is 10.7. The van der Waals surface area contributed by atoms with E-state index in [0.717, 1.165) is 37.9 Å². The van der Waals surface area contributed by atoms with Gasteiger partial charge in [0, 0.05) is 12.1 Å². The lowest BCUT2D eigenvalue weighted by Gasteiger charge is -2.23. The highest BCUT2D eigenvalue weighted by Gasteiger charge is 2.57. The molecule has 1 atom stereocenters. The molecule has 1 amide bonds. The van der Waals surface area contributed by atoms with Gasteiger partial charge < -0.3 is 10.6 Å². The van der Waals surface area contributed by atoms with Crippen molar-refractivity contribution in [1.29, 1.82) is 0 Å². The smallest absolute Gasteiger partial charge is 0.229 e. The molecule has 3 rings (SSSR count). The number of amides is 1. The zero-order chi connectivity index (χ0) is 12.6. The van der Waals surface area contributed by atoms with Crippen LogP contribution in [0.1, 0.15) is 24.8 Å². The van der Waals surface area contributed by atoms with Gasteiger partial charge in [-0.25, -0.2) is 4.98 Å². The lowest BCUT2D eigenvalue weighted by Crippen LogP contribution is -2.31. The number of hydrogen-bond donors (Lipinski definition) is 2. The monoisotopic (exact) mass is 245 g/mol. The van der Waals surface area contributed by atoms with E-state index in [1.54, 1.807) is 6.20 Å². The first-order valence-electron chi connectivity index (χ1n) is 6.64. The van der Waals surface area contributed by atoms with Crippen LogP contribution in [0.2, 0.25) is 0 Å². The van der Waals surface area contributed by atoms with Crippen molar-refractivity contribution in [1.82, 2.24) is 10.3 Å². The number of carbonyl (C=O) groups is 1. The standard InChI is InChI=1S/C14H19N3O/c1-10-2-5-16-12(8-10)17-13(18)11-9-14(11)3-6-15-7-4-14/h2,5,8,11,15H,3-4,6-7,9H2,1H3,(H,16,17,18). The van der Waals surface area contributed by atoms with Gasteiger partial charge in [0.05, 0.1) is 0 Å². The molecule has 2 heterocycles. The van der Waals surface area contributed by atoms with Crippen molar-refractivity contribution in [3.8, 4) is 0 Å². The van der Waals surface area contributed by atoms with Crippen LogP contribution in [0.15, 0.2) is 18.3 Å². The molecule has 0 radical (unpaired) electrons. The van der Waals surface area contributed by atoms with Gasteiger partial charge in [0.2, 0.25) is 5.91 Å². The van der Waals surface area contributed by atoms with E-state index < -0.39 is 0 Å². The molecule has 4 nitrogen and oxygen atoms in total. The van der Waals surface area contributed by atoms with Gasteiger partial charge >= 0.3 is 0 Å². The Morgan fingerprint density at radius 2 is 2.28 bits per heavy atom. The maximum atomic E-state index is 12.2. The van der Waals surface area contributed by atoms with E-state index in [1.165, 1.54) is 0 Å². The van der Waals surface area contributed by atoms with Crippen molar-refractivity contribution in [3.05, 3.63) is 23.9 Å². The lowest BCUT2D eigenvalue weighted by atomic mass is 9.92. The number of hydrogen-bond acceptors (Lipinski definition) is 3. The second-order valence-corrected chi connectivity index (χ2v) is 5.58. The molecular weight excluding hydrogens is 226 g/mol. The Hall–Kier alpha value is -1.42. The zero-order valence-electron chi connectivity index (χ0n) is 10.7. The van der Waals surface area contributed by atoms with E-state index in [9.17, 15) is 4.79 Å². The van der Waals surface area contributed by atoms with Crippen LogP contribution in [-0.4, -0.2) is 24.0 Å². The number of nitrogens with one attached hydrogen (secondary N) is 2. The van der Waals surface area contributed by atoms with Gasteiger partial charge in [0.1, 0.15) is 5.82 Å². The first-order valence-corrected chi connectivity index (χ1v) is 6.64. The van der Waals surface area contributed by atoms with Crippen LogP contribution in [0.25, 0.3) is 0 Å². The minimum absolute atomic E-state index is 0.148. The van der Waals surface area contributed by atoms with Crippen LogP contribution in [0.5, 0.6) is 0 Å². The van der Waals surface area contributed by atoms with Gasteiger partial charge in [0.25, 0.3) is 0 Å². The molecule has 96 valence electrons. The number of carbonyl (C=O) groups excluding carboxylic acids is 1. The van der Waals surface area contributed by atoms with Gasteiger partial charge in [-0.1, -0.05) is 0 Å². The second-order valence-electron chi connectivity index (χ2n) is 5.58. The van der Waals surface area contributed by atoms with Crippen LogP contribution >= 0.6 is 0 Å². The maximum absolute atomic E-state index is 12.2. The number of nitrogens with zero attached hydrogens (tertiary/aromatic N) is 1. The third-order valence-corrected chi connectivity index (χ3v) is 4.27. The summed E-state index contributed by atoms with van der Waals surface area (Å²) in [7, 11) is 0. The summed E-state index contributed by atoms with van der Waals surface area (Å²) >= 11 is 0. The molecule has 2 N–H and O–H groups in total. The minimum atomic E-state index is 0.148. The molecular formula is C14H19N3O. The lowest BCUT2D eigenvalue weighted by molar-refractivity contribution is -0.118. The molecule has 1 aliphatic carbocycles. The highest BCUT2D eigenvalue weighted by atomic mass is 16.2. The summed E-state index contributed by atoms with van der Waals surface area (Å²) in [5.41, 5.74) is 1.41. The fourth-order valence-electron chi connectivity index (χ4n) is 3.01. The van der Waals surface area contributed by atoms with Crippen molar-refractivity contribution < 1.29 is 4.79 Å². The summed E-state index contributed by atoms with van der Waals surface area (Å²) in [6.45, 7) is 4.10. The van der Waals surface area contributed by atoms with Crippen LogP contribution in [-0.2, 0) is 4.79 Å². The third kappa shape index (κ3) is 2.12. The number of pyridine rings is 1. The summed E-state index contributed by atoms with van der Waals surface area (Å²) in [5.74, 6) is 1.02. The van der Waals surface area contributed by atoms with Gasteiger partial charge in [-0.3, -0.25) is 4.79 Å². The van der Waals surface area contributed by atoms with E-state index in [2.05, 4.69) is 15.6 Å². The molecule has 1 unspecified atom stereocenters. The SMILES string of the molecule is Cc1ccnc(NC(=O)C2CC23CCNCC3)c1. The first kappa shape index (κ1) is 11.7. The van der Waals surface area contributed by atoms with Gasteiger partial charge in [-0.15, -0.1) is 0 Å². The predicted molar refractivity (Wildman–Crippen MR) is 70.2 cm³/mol. The van der Waals surface area contributed by atoms with E-state index >= 15 is 0 Å². The van der Waals surface area contributed by atoms with Gasteiger partial charge in [-0.05, 0) is 62.4 Å². The van der Waals surface area contributed by atoms with Crippen LogP contribution in [0.4, 0.5) is 5.82 Å². The molecule has 1 spiro atoms. The van der Waals surface area contributed by atoms with Crippen molar-refractivity contribution in [2.75, 3.05) is 18.4 Å². The second kappa shape index (κ2) is 4.35. The molecule has 0 bridgehead atoms. The van der Waals surface area contributed by atoms with Crippen LogP contribution in [0.3, 0.4) is 0 Å². The van der Waals surface area contributed by atoms with Gasteiger partial charge in [0.15, 0.2) is 0 Å². The molecule has 1 aliphatic heterocycles. The highest BCUT2D eigenvalue weighted by molar-refractivity contribution is 5.94. The minimum Gasteiger partial charge on any atom is -0.317 e. The summed E-state index contributed by atoms with van der Waals surface area (Å²) in [6.07, 6.45) is 5.04. The first-order chi connectivity index (χ1) is 8.70. The number of aromatic nitrogens is 1. The fraction of sp³-hybridized carbons (Fsp3) is 0.571. The largest absolute Gasteiger partial charge is 0.317 e. The summed E-state index contributed by atoms with van der Waals surface area (Å²) in [6, 6.07) is 3.84. The third-order valence-electron chi connectivity index (χ3n) is 4.27. The van der Waals surface area contributed by atoms with Crippen molar-refractivity contribution in [3.63, 3.8) is 0 Å². The van der Waals surface area contributed by atoms with Crippen molar-refractivity contribution >= 4 is 11.7 Å². The van der Waals surface area contributed by atoms with E-state index in [1.807, 2.05) is 19.1 Å². The van der Waals surface area contributed by atoms with E-state index in [-0.39, 0.29) is 11.8 Å². The summed E-state index contributed by atoms with van der Waals surface area (Å²) in [4.78, 5) is 16.4. The number of anilines is 1. The number of piperidine rings is 1. The van der Waals surface area contributed by atoms with Crippen molar-refractivity contribution in [2.45, 2.75) is 26.2 Å². The molecule has 4 heteroatoms. The quantitative estimate of drug-likeness (QED) is 0.834. The van der Waals surface area contributed by atoms with Crippen LogP contribution in [0, 0.1) is 18.3 Å². The molecule has 2 fully saturated rings. The molecule has 1 aromatic heterocycles. The Morgan fingerprint density at radius 3 is 3.00 bits per heavy atom. The van der Waals surface area contributed by atoms with Gasteiger partial charge in [-0.2, -0.15) is 0 Å². The Bertz CT molecular complexity index is 466. The normalized spacial score (nSPS) is 24.8. The van der Waals surface area contributed by atoms with Crippen LogP contribution < -0.4 is 10.6 Å². The van der Waals surface area contributed by atoms with E-state index in [4.69, 9.17) is 0 Å². The Kier molecular flexibility index (Phi) is 2.82. The maximum Gasteiger partial charge on any atom is 0.229 e. The van der Waals surface area contributed by atoms with E-state index in [0.29, 0.717) is 11.2 Å². The topological polar surface area (TPSA) is 54.0 Å². The summed E-state index contributed by atoms with van der Waals surface area (Å²) in [5, 5.41) is 6.30. The Labute approximate surface area is 107 Å². The molecule has 2 aliphatic rings. The number of rotatable bonds is 2. The average Bonchev–Trinajstić information content (AvgIpc) is 3.04. The Morgan fingerprint density at radius 1 is 1.50 bits per heavy atom. The molecule has 1 saturated heterocycles. The fourth-order valence-corrected chi connectivity index (χ4v) is 3.01.